The summed E-state index contributed by atoms with van der Waals surface area (Å²) in [5.41, 5.74) is 2.08. The van der Waals surface area contributed by atoms with Crippen LogP contribution < -0.4 is 16.0 Å². The van der Waals surface area contributed by atoms with E-state index >= 15 is 0 Å². The van der Waals surface area contributed by atoms with Crippen molar-refractivity contribution in [3.05, 3.63) is 53.5 Å². The summed E-state index contributed by atoms with van der Waals surface area (Å²) in [6, 6.07) is 8.57. The number of urea groups is 1. The lowest BCUT2D eigenvalue weighted by Gasteiger charge is -2.09. The fourth-order valence-electron chi connectivity index (χ4n) is 2.00. The van der Waals surface area contributed by atoms with Gasteiger partial charge < -0.3 is 10.6 Å². The van der Waals surface area contributed by atoms with Gasteiger partial charge in [0.25, 0.3) is 0 Å². The molecule has 0 bridgehead atoms. The molecule has 0 fully saturated rings. The van der Waals surface area contributed by atoms with Crippen LogP contribution in [0.1, 0.15) is 11.3 Å². The number of carbonyl (C=O) groups is 2. The molecule has 120 valence electrons. The first-order chi connectivity index (χ1) is 10.9. The van der Waals surface area contributed by atoms with Crippen molar-refractivity contribution in [3.8, 4) is 0 Å². The molecule has 1 aromatic carbocycles. The Kier molecular flexibility index (Phi) is 5.24. The monoisotopic (exact) mass is 316 g/mol. The van der Waals surface area contributed by atoms with Crippen LogP contribution in [0.25, 0.3) is 0 Å². The van der Waals surface area contributed by atoms with E-state index in [1.54, 1.807) is 12.1 Å². The van der Waals surface area contributed by atoms with Crippen molar-refractivity contribution in [1.29, 1.82) is 0 Å². The van der Waals surface area contributed by atoms with Gasteiger partial charge in [0.05, 0.1) is 6.54 Å². The van der Waals surface area contributed by atoms with E-state index in [2.05, 4.69) is 20.9 Å². The summed E-state index contributed by atoms with van der Waals surface area (Å²) >= 11 is 0. The number of anilines is 2. The number of hydrogen-bond acceptors (Lipinski definition) is 3. The van der Waals surface area contributed by atoms with Crippen LogP contribution in [0, 0.1) is 19.7 Å². The highest BCUT2D eigenvalue weighted by atomic mass is 19.1. The van der Waals surface area contributed by atoms with Gasteiger partial charge in [-0.05, 0) is 49.7 Å². The lowest BCUT2D eigenvalue weighted by atomic mass is 10.2. The van der Waals surface area contributed by atoms with Gasteiger partial charge in [-0.15, -0.1) is 0 Å². The molecule has 0 unspecified atom stereocenters. The van der Waals surface area contributed by atoms with Crippen LogP contribution in [0.15, 0.2) is 36.4 Å². The molecule has 0 saturated carbocycles. The smallest absolute Gasteiger partial charge is 0.320 e. The van der Waals surface area contributed by atoms with Crippen LogP contribution in [0.5, 0.6) is 0 Å². The van der Waals surface area contributed by atoms with Gasteiger partial charge in [-0.25, -0.2) is 14.2 Å². The number of pyridine rings is 1. The number of benzene rings is 1. The van der Waals surface area contributed by atoms with Crippen molar-refractivity contribution in [2.75, 3.05) is 17.2 Å². The van der Waals surface area contributed by atoms with E-state index in [1.165, 1.54) is 18.2 Å². The molecule has 2 rings (SSSR count). The minimum atomic E-state index is -0.545. The molecule has 6 nitrogen and oxygen atoms in total. The Morgan fingerprint density at radius 1 is 1.13 bits per heavy atom. The molecular formula is C16H17FN4O2. The van der Waals surface area contributed by atoms with Gasteiger partial charge in [0.15, 0.2) is 0 Å². The number of amides is 3. The summed E-state index contributed by atoms with van der Waals surface area (Å²) in [6.07, 6.45) is 0. The zero-order chi connectivity index (χ0) is 16.8. The van der Waals surface area contributed by atoms with Crippen molar-refractivity contribution >= 4 is 23.4 Å². The zero-order valence-electron chi connectivity index (χ0n) is 12.8. The number of carbonyl (C=O) groups excluding carboxylic acids is 2. The summed E-state index contributed by atoms with van der Waals surface area (Å²) in [4.78, 5) is 27.6. The Bertz CT molecular complexity index is 714. The van der Waals surface area contributed by atoms with Crippen LogP contribution in [0.2, 0.25) is 0 Å². The highest BCUT2D eigenvalue weighted by molar-refractivity contribution is 5.96. The van der Waals surface area contributed by atoms with Gasteiger partial charge >= 0.3 is 6.03 Å². The average Bonchev–Trinajstić information content (AvgIpc) is 2.44. The normalized spacial score (nSPS) is 10.0. The third-order valence-electron chi connectivity index (χ3n) is 2.86. The average molecular weight is 316 g/mol. The predicted octanol–water partition coefficient (Wildman–Crippen LogP) is 2.60. The molecule has 0 radical (unpaired) electrons. The summed E-state index contributed by atoms with van der Waals surface area (Å²) in [5.74, 6) is -0.501. The van der Waals surface area contributed by atoms with Gasteiger partial charge in [0.2, 0.25) is 5.91 Å². The van der Waals surface area contributed by atoms with Gasteiger partial charge in [0, 0.05) is 11.4 Å². The predicted molar refractivity (Wildman–Crippen MR) is 85.8 cm³/mol. The molecule has 23 heavy (non-hydrogen) atoms. The molecule has 3 amide bonds. The van der Waals surface area contributed by atoms with Gasteiger partial charge in [0.1, 0.15) is 11.6 Å². The second kappa shape index (κ2) is 7.35. The molecule has 1 aromatic heterocycles. The molecule has 2 aromatic rings. The Morgan fingerprint density at radius 2 is 1.91 bits per heavy atom. The van der Waals surface area contributed by atoms with Crippen LogP contribution in [-0.2, 0) is 4.79 Å². The number of rotatable bonds is 4. The van der Waals surface area contributed by atoms with Gasteiger partial charge in [-0.3, -0.25) is 10.1 Å². The topological polar surface area (TPSA) is 83.1 Å². The number of aryl methyl sites for hydroxylation is 2. The summed E-state index contributed by atoms with van der Waals surface area (Å²) < 4.78 is 13.0. The van der Waals surface area contributed by atoms with Crippen molar-refractivity contribution < 1.29 is 14.0 Å². The first-order valence-corrected chi connectivity index (χ1v) is 6.98. The third kappa shape index (κ3) is 5.39. The molecule has 0 aliphatic carbocycles. The molecular weight excluding hydrogens is 299 g/mol. The summed E-state index contributed by atoms with van der Waals surface area (Å²) in [5, 5.41) is 7.44. The highest BCUT2D eigenvalue weighted by Crippen LogP contribution is 2.09. The second-order valence-electron chi connectivity index (χ2n) is 5.04. The summed E-state index contributed by atoms with van der Waals surface area (Å²) in [6.45, 7) is 3.47. The van der Waals surface area contributed by atoms with Crippen molar-refractivity contribution in [1.82, 2.24) is 10.3 Å². The molecule has 1 heterocycles. The van der Waals surface area contributed by atoms with Gasteiger partial charge in [-0.2, -0.15) is 0 Å². The maximum atomic E-state index is 13.0. The standard InChI is InChI=1S/C16H17FN4O2/c1-10-6-11(2)19-14(7-10)21-16(23)18-9-15(22)20-13-5-3-4-12(17)8-13/h3-8H,9H2,1-2H3,(H,20,22)(H2,18,19,21,23). The second-order valence-corrected chi connectivity index (χ2v) is 5.04. The lowest BCUT2D eigenvalue weighted by Crippen LogP contribution is -2.36. The number of aromatic nitrogens is 1. The number of nitrogens with zero attached hydrogens (tertiary/aromatic N) is 1. The minimum absolute atomic E-state index is 0.243. The van der Waals surface area contributed by atoms with Crippen molar-refractivity contribution in [2.24, 2.45) is 0 Å². The van der Waals surface area contributed by atoms with Crippen LogP contribution >= 0.6 is 0 Å². The molecule has 0 atom stereocenters. The van der Waals surface area contributed by atoms with Crippen LogP contribution in [0.4, 0.5) is 20.7 Å². The van der Waals surface area contributed by atoms with E-state index in [4.69, 9.17) is 0 Å². The van der Waals surface area contributed by atoms with Crippen LogP contribution in [-0.4, -0.2) is 23.5 Å². The first-order valence-electron chi connectivity index (χ1n) is 6.98. The lowest BCUT2D eigenvalue weighted by molar-refractivity contribution is -0.115. The fourth-order valence-corrected chi connectivity index (χ4v) is 2.00. The largest absolute Gasteiger partial charge is 0.329 e. The number of nitrogens with one attached hydrogen (secondary N) is 3. The minimum Gasteiger partial charge on any atom is -0.329 e. The first kappa shape index (κ1) is 16.4. The zero-order valence-corrected chi connectivity index (χ0v) is 12.8. The molecule has 0 saturated heterocycles. The van der Waals surface area contributed by atoms with E-state index < -0.39 is 17.8 Å². The molecule has 0 aliphatic heterocycles. The Hall–Kier alpha value is -2.96. The van der Waals surface area contributed by atoms with Crippen molar-refractivity contribution in [3.63, 3.8) is 0 Å². The Morgan fingerprint density at radius 3 is 2.61 bits per heavy atom. The van der Waals surface area contributed by atoms with Crippen molar-refractivity contribution in [2.45, 2.75) is 13.8 Å². The SMILES string of the molecule is Cc1cc(C)nc(NC(=O)NCC(=O)Nc2cccc(F)c2)c1. The maximum Gasteiger partial charge on any atom is 0.320 e. The van der Waals surface area contributed by atoms with E-state index in [0.717, 1.165) is 11.3 Å². The van der Waals surface area contributed by atoms with E-state index in [-0.39, 0.29) is 6.54 Å². The Balaban J connectivity index is 1.83. The van der Waals surface area contributed by atoms with E-state index in [9.17, 15) is 14.0 Å². The van der Waals surface area contributed by atoms with E-state index in [1.807, 2.05) is 19.9 Å². The Labute approximate surface area is 133 Å². The molecule has 7 heteroatoms. The number of hydrogen-bond donors (Lipinski definition) is 3. The molecule has 0 aliphatic rings. The highest BCUT2D eigenvalue weighted by Gasteiger charge is 2.07. The molecule has 0 spiro atoms. The van der Waals surface area contributed by atoms with Gasteiger partial charge in [-0.1, -0.05) is 6.07 Å². The quantitative estimate of drug-likeness (QED) is 0.811. The van der Waals surface area contributed by atoms with E-state index in [0.29, 0.717) is 11.5 Å². The fraction of sp³-hybridized carbons (Fsp3) is 0.188. The van der Waals surface area contributed by atoms with Crippen LogP contribution in [0.3, 0.4) is 0 Å². The maximum absolute atomic E-state index is 13.0. The third-order valence-corrected chi connectivity index (χ3v) is 2.86. The molecule has 3 N–H and O–H groups in total. The number of halogens is 1. The summed E-state index contributed by atoms with van der Waals surface area (Å²) in [7, 11) is 0.